The maximum absolute atomic E-state index is 9.00. The van der Waals surface area contributed by atoms with E-state index in [9.17, 15) is 0 Å². The van der Waals surface area contributed by atoms with Gasteiger partial charge in [0.05, 0.1) is 0 Å². The van der Waals surface area contributed by atoms with E-state index in [0.717, 1.165) is 39.3 Å². The Morgan fingerprint density at radius 2 is 0.875 bits per heavy atom. The fourth-order valence-corrected chi connectivity index (χ4v) is 3.29. The normalized spacial score (nSPS) is 19.6. The molecule has 3 heterocycles. The van der Waals surface area contributed by atoms with Crippen LogP contribution >= 0.6 is 0 Å². The molecule has 0 unspecified atom stereocenters. The summed E-state index contributed by atoms with van der Waals surface area (Å²) in [7, 11) is 7.46. The lowest BCUT2D eigenvalue weighted by atomic mass is 9.34. The van der Waals surface area contributed by atoms with Gasteiger partial charge in [-0.1, -0.05) is 81.9 Å². The second-order valence-electron chi connectivity index (χ2n) is 7.67. The van der Waals surface area contributed by atoms with Gasteiger partial charge in [0.15, 0.2) is 0 Å². The lowest BCUT2D eigenvalue weighted by Gasteiger charge is -2.34. The highest BCUT2D eigenvalue weighted by Gasteiger charge is 2.27. The Balaban J connectivity index is -0.000000336. The first kappa shape index (κ1) is 34.7. The van der Waals surface area contributed by atoms with Crippen molar-refractivity contribution >= 4 is 45.7 Å². The van der Waals surface area contributed by atoms with Gasteiger partial charge in [0.2, 0.25) is 0 Å². The van der Waals surface area contributed by atoms with E-state index >= 15 is 0 Å². The maximum atomic E-state index is 9.00. The number of fused-ring (bicyclic) bond motifs is 1. The molecule has 4 N–H and O–H groups in total. The summed E-state index contributed by atoms with van der Waals surface area (Å²) in [6, 6.07) is 0. The molecular formula is C21H40B3O8. The highest BCUT2D eigenvalue weighted by atomic mass is 16.4. The van der Waals surface area contributed by atoms with Gasteiger partial charge < -0.3 is 20.4 Å². The second-order valence-corrected chi connectivity index (χ2v) is 7.67. The molecular weight excluding hydrogens is 413 g/mol. The van der Waals surface area contributed by atoms with E-state index in [-0.39, 0.29) is 0 Å². The highest BCUT2D eigenvalue weighted by molar-refractivity contribution is 6.59. The zero-order chi connectivity index (χ0) is 25.4. The smallest absolute Gasteiger partial charge is 0.300 e. The standard InChI is InChI=1S/C8H14B2.C5H10B.4C2H4O2/c1-3-7-4-2-6-10-8(7)9-5-1;1-2-4-6-5-3-1;4*1-2(3)4/h7-8H,1-6H2;1-5H2;4*1H3,(H,3,4). The summed E-state index contributed by atoms with van der Waals surface area (Å²) >= 11 is 0. The van der Waals surface area contributed by atoms with E-state index in [4.69, 9.17) is 39.6 Å². The summed E-state index contributed by atoms with van der Waals surface area (Å²) in [6.07, 6.45) is 15.8. The first-order valence-electron chi connectivity index (χ1n) is 11.2. The third-order valence-electron chi connectivity index (χ3n) is 4.30. The number of hydrogen-bond donors (Lipinski definition) is 4. The zero-order valence-electron chi connectivity index (χ0n) is 20.1. The van der Waals surface area contributed by atoms with E-state index in [2.05, 4.69) is 21.8 Å². The monoisotopic (exact) mass is 453 g/mol. The topological polar surface area (TPSA) is 149 Å². The zero-order valence-corrected chi connectivity index (χ0v) is 20.1. The Morgan fingerprint density at radius 3 is 1.06 bits per heavy atom. The summed E-state index contributed by atoms with van der Waals surface area (Å²) in [5.74, 6) is -2.29. The van der Waals surface area contributed by atoms with Gasteiger partial charge in [-0.05, 0) is 0 Å². The molecule has 0 atom stereocenters. The van der Waals surface area contributed by atoms with Gasteiger partial charge in [0, 0.05) is 27.7 Å². The highest BCUT2D eigenvalue weighted by Crippen LogP contribution is 2.37. The molecule has 3 aliphatic heterocycles. The van der Waals surface area contributed by atoms with Gasteiger partial charge >= 0.3 is 0 Å². The molecule has 8 nitrogen and oxygen atoms in total. The van der Waals surface area contributed by atoms with Crippen molar-refractivity contribution in [2.75, 3.05) is 0 Å². The lowest BCUT2D eigenvalue weighted by molar-refractivity contribution is -0.135. The minimum absolute atomic E-state index is 0.833. The molecule has 181 valence electrons. The fraction of sp³-hybridized carbons (Fsp3) is 0.810. The largest absolute Gasteiger partial charge is 0.481 e. The van der Waals surface area contributed by atoms with Crippen molar-refractivity contribution in [2.45, 2.75) is 104 Å². The fourth-order valence-electron chi connectivity index (χ4n) is 3.29. The number of hydrogen-bond acceptors (Lipinski definition) is 4. The molecule has 3 fully saturated rings. The van der Waals surface area contributed by atoms with Crippen molar-refractivity contribution < 1.29 is 39.6 Å². The van der Waals surface area contributed by atoms with Crippen LogP contribution in [0.25, 0.3) is 0 Å². The Hall–Kier alpha value is -1.93. The summed E-state index contributed by atoms with van der Waals surface area (Å²) in [5.41, 5.74) is 0.905. The van der Waals surface area contributed by atoms with Crippen LogP contribution in [0.5, 0.6) is 0 Å². The molecule has 3 aliphatic rings. The Bertz CT molecular complexity index is 398. The van der Waals surface area contributed by atoms with Crippen LogP contribution < -0.4 is 0 Å². The summed E-state index contributed by atoms with van der Waals surface area (Å²) in [5, 5.41) is 29.7. The molecule has 0 aromatic rings. The summed E-state index contributed by atoms with van der Waals surface area (Å²) in [6.45, 7) is 4.33. The van der Waals surface area contributed by atoms with Crippen molar-refractivity contribution in [2.24, 2.45) is 5.92 Å². The van der Waals surface area contributed by atoms with Gasteiger partial charge in [0.1, 0.15) is 21.8 Å². The van der Waals surface area contributed by atoms with Crippen molar-refractivity contribution in [1.82, 2.24) is 0 Å². The third kappa shape index (κ3) is 42.2. The number of carboxylic acid groups (broad SMARTS) is 4. The molecule has 3 rings (SSSR count). The molecule has 0 bridgehead atoms. The van der Waals surface area contributed by atoms with E-state index in [0.29, 0.717) is 0 Å². The van der Waals surface area contributed by atoms with E-state index in [1.165, 1.54) is 70.2 Å². The predicted molar refractivity (Wildman–Crippen MR) is 129 cm³/mol. The number of rotatable bonds is 0. The number of carbonyl (C=O) groups is 4. The van der Waals surface area contributed by atoms with Crippen LogP contribution in [0.15, 0.2) is 0 Å². The van der Waals surface area contributed by atoms with Gasteiger partial charge in [-0.3, -0.25) is 19.2 Å². The van der Waals surface area contributed by atoms with Crippen molar-refractivity contribution in [3.63, 3.8) is 0 Å². The molecule has 0 aromatic heterocycles. The first-order valence-corrected chi connectivity index (χ1v) is 11.2. The summed E-state index contributed by atoms with van der Waals surface area (Å²) < 4.78 is 0. The molecule has 3 radical (unpaired) electrons. The molecule has 0 saturated carbocycles. The van der Waals surface area contributed by atoms with E-state index < -0.39 is 23.9 Å². The van der Waals surface area contributed by atoms with Crippen molar-refractivity contribution in [3.8, 4) is 0 Å². The average molecular weight is 453 g/mol. The van der Waals surface area contributed by atoms with Crippen LogP contribution in [-0.4, -0.2) is 66.1 Å². The molecule has 0 aliphatic carbocycles. The maximum Gasteiger partial charge on any atom is 0.300 e. The molecule has 0 amide bonds. The van der Waals surface area contributed by atoms with Gasteiger partial charge in [0.25, 0.3) is 23.9 Å². The quantitative estimate of drug-likeness (QED) is 0.398. The van der Waals surface area contributed by atoms with Crippen LogP contribution in [0, 0.1) is 5.92 Å². The summed E-state index contributed by atoms with van der Waals surface area (Å²) in [4.78, 5) is 36.0. The third-order valence-corrected chi connectivity index (χ3v) is 4.30. The number of aliphatic carboxylic acids is 4. The minimum atomic E-state index is -0.833. The van der Waals surface area contributed by atoms with E-state index in [1.54, 1.807) is 0 Å². The first-order chi connectivity index (χ1) is 14.9. The second kappa shape index (κ2) is 25.3. The molecule has 0 aromatic carbocycles. The van der Waals surface area contributed by atoms with Crippen LogP contribution in [0.1, 0.15) is 72.6 Å². The van der Waals surface area contributed by atoms with Crippen LogP contribution in [0.3, 0.4) is 0 Å². The molecule has 32 heavy (non-hydrogen) atoms. The molecule has 3 saturated heterocycles. The average Bonchev–Trinajstić information content (AvgIpc) is 2.68. The van der Waals surface area contributed by atoms with Gasteiger partial charge in [-0.2, -0.15) is 0 Å². The lowest BCUT2D eigenvalue weighted by Crippen LogP contribution is -2.28. The SMILES string of the molecule is CC(=O)O.CC(=O)O.CC(=O)O.CC(=O)O.[B]1CCCC2CCC[B]C12.[B]1CCCCC1. The van der Waals surface area contributed by atoms with Crippen molar-refractivity contribution in [1.29, 1.82) is 0 Å². The Morgan fingerprint density at radius 1 is 0.562 bits per heavy atom. The van der Waals surface area contributed by atoms with Crippen LogP contribution in [0.2, 0.25) is 31.0 Å². The minimum Gasteiger partial charge on any atom is -0.481 e. The Kier molecular flexibility index (Phi) is 27.5. The van der Waals surface area contributed by atoms with Gasteiger partial charge in [-0.15, -0.1) is 0 Å². The van der Waals surface area contributed by atoms with Crippen molar-refractivity contribution in [3.05, 3.63) is 0 Å². The molecule has 11 heteroatoms. The van der Waals surface area contributed by atoms with E-state index in [1.807, 2.05) is 0 Å². The predicted octanol–water partition coefficient (Wildman–Crippen LogP) is 4.26. The Labute approximate surface area is 195 Å². The van der Waals surface area contributed by atoms with Crippen LogP contribution in [-0.2, 0) is 19.2 Å². The van der Waals surface area contributed by atoms with Crippen LogP contribution in [0.4, 0.5) is 0 Å². The van der Waals surface area contributed by atoms with Gasteiger partial charge in [-0.25, -0.2) is 0 Å². The molecule has 0 spiro atoms. The number of carboxylic acids is 4.